The van der Waals surface area contributed by atoms with Gasteiger partial charge in [0.05, 0.1) is 0 Å². The van der Waals surface area contributed by atoms with Gasteiger partial charge in [0.25, 0.3) is 0 Å². The monoisotopic (exact) mass is 787 g/mol. The second-order valence-corrected chi connectivity index (χ2v) is 13.2. The molecule has 1 heterocycles. The minimum atomic E-state index is 0.445. The number of aromatic nitrogens is 2. The zero-order chi connectivity index (χ0) is 26.6. The van der Waals surface area contributed by atoms with Gasteiger partial charge in [-0.1, -0.05) is 0 Å². The van der Waals surface area contributed by atoms with Gasteiger partial charge in [0.1, 0.15) is 0 Å². The molecule has 0 aliphatic heterocycles. The molecule has 194 valence electrons. The van der Waals surface area contributed by atoms with Crippen LogP contribution in [0.5, 0.6) is 0 Å². The fraction of sp³-hybridized carbons (Fsp3) is 0.400. The molecule has 0 bridgehead atoms. The Balaban J connectivity index is 0.00000137. The van der Waals surface area contributed by atoms with Gasteiger partial charge in [-0.3, -0.25) is 0 Å². The Hall–Kier alpha value is -0.618. The van der Waals surface area contributed by atoms with Gasteiger partial charge in [-0.15, -0.1) is 0 Å². The number of hydrogen-bond donors (Lipinski definition) is 0. The summed E-state index contributed by atoms with van der Waals surface area (Å²) in [5.41, 5.74) is 8.22. The van der Waals surface area contributed by atoms with Crippen LogP contribution in [0.1, 0.15) is 101 Å². The van der Waals surface area contributed by atoms with E-state index in [1.54, 1.807) is 0 Å². The van der Waals surface area contributed by atoms with E-state index < -0.39 is 0 Å². The number of halogens is 2. The van der Waals surface area contributed by atoms with Crippen molar-refractivity contribution in [3.8, 4) is 11.4 Å². The van der Waals surface area contributed by atoms with Crippen molar-refractivity contribution in [2.45, 2.75) is 79.1 Å². The molecule has 5 heteroatoms. The normalized spacial score (nSPS) is 11.4. The number of hydrogen-bond acceptors (Lipinski definition) is 0. The fourth-order valence-electron chi connectivity index (χ4n) is 4.28. The van der Waals surface area contributed by atoms with Crippen molar-refractivity contribution in [2.24, 2.45) is 0 Å². The van der Waals surface area contributed by atoms with Crippen LogP contribution in [0.3, 0.4) is 0 Å². The first-order chi connectivity index (χ1) is 16.3. The van der Waals surface area contributed by atoms with Gasteiger partial charge in [-0.05, 0) is 0 Å². The molecule has 0 spiro atoms. The van der Waals surface area contributed by atoms with Crippen LogP contribution in [0.25, 0.3) is 11.4 Å². The minimum absolute atomic E-state index is 0.445. The molecule has 0 aliphatic rings. The standard InChI is InChI=1S/C27H34I2N2.C3H5.Pd/c1-16(2)22-11-20(28)12-23(17(3)4)26(22)30-9-10-31(15-30)27-24(18(5)6)13-21(29)14-25(27)19(7)8;1-3-2;/h9-14,16-19H,1-8H3;3H,1-2H2;/q;-1;. The van der Waals surface area contributed by atoms with Crippen LogP contribution < -0.4 is 0 Å². The molecular weight excluding hydrogens is 749 g/mol. The summed E-state index contributed by atoms with van der Waals surface area (Å²) in [5.74, 6) is 1.78. The van der Waals surface area contributed by atoms with Crippen LogP contribution in [-0.4, -0.2) is 9.13 Å². The molecular formula is C30H39I2N2Pd-. The number of benzene rings is 2. The predicted octanol–water partition coefficient (Wildman–Crippen LogP) is 10.1. The SMILES string of the molecule is C=C[CH2-].CC(C)c1cc(I)cc(C(C)C)c1-n1ccn(-c2c(C(C)C)cc(I)cc2C(C)C)[c]1=[Pd]. The van der Waals surface area contributed by atoms with E-state index in [1.807, 2.05) is 0 Å². The van der Waals surface area contributed by atoms with Crippen LogP contribution in [0.2, 0.25) is 0 Å². The van der Waals surface area contributed by atoms with Crippen molar-refractivity contribution in [1.29, 1.82) is 0 Å². The molecule has 35 heavy (non-hydrogen) atoms. The van der Waals surface area contributed by atoms with E-state index in [1.165, 1.54) is 46.8 Å². The summed E-state index contributed by atoms with van der Waals surface area (Å²) in [6.07, 6.45) is 5.96. The third kappa shape index (κ3) is 7.03. The fourth-order valence-corrected chi connectivity index (χ4v) is 6.21. The van der Waals surface area contributed by atoms with Gasteiger partial charge in [0.15, 0.2) is 0 Å². The molecule has 0 saturated carbocycles. The molecule has 0 radical (unpaired) electrons. The summed E-state index contributed by atoms with van der Waals surface area (Å²) in [5, 5.41) is 0. The Morgan fingerprint density at radius 2 is 0.914 bits per heavy atom. The number of nitrogens with zero attached hydrogens (tertiary/aromatic N) is 2. The van der Waals surface area contributed by atoms with E-state index in [0.717, 1.165) is 3.89 Å². The molecule has 2 aromatic carbocycles. The van der Waals surface area contributed by atoms with Crippen LogP contribution in [0.15, 0.2) is 49.3 Å². The van der Waals surface area contributed by atoms with Crippen molar-refractivity contribution in [2.75, 3.05) is 0 Å². The maximum atomic E-state index is 3.67. The van der Waals surface area contributed by atoms with Crippen molar-refractivity contribution in [3.05, 3.63) is 89.5 Å². The summed E-state index contributed by atoms with van der Waals surface area (Å²) >= 11 is 8.58. The first-order valence-corrected chi connectivity index (χ1v) is 15.1. The van der Waals surface area contributed by atoms with Gasteiger partial charge in [0.2, 0.25) is 0 Å². The summed E-state index contributed by atoms with van der Waals surface area (Å²) in [7, 11) is 0. The zero-order valence-corrected chi connectivity index (χ0v) is 28.1. The predicted molar refractivity (Wildman–Crippen MR) is 166 cm³/mol. The van der Waals surface area contributed by atoms with Gasteiger partial charge >= 0.3 is 233 Å². The second-order valence-electron chi connectivity index (χ2n) is 10.1. The van der Waals surface area contributed by atoms with E-state index in [9.17, 15) is 0 Å². The van der Waals surface area contributed by atoms with Crippen LogP contribution in [-0.2, 0) is 18.7 Å². The topological polar surface area (TPSA) is 9.86 Å². The Morgan fingerprint density at radius 1 is 0.686 bits per heavy atom. The molecule has 0 saturated heterocycles. The van der Waals surface area contributed by atoms with Crippen molar-refractivity contribution in [3.63, 3.8) is 0 Å². The van der Waals surface area contributed by atoms with E-state index in [2.05, 4.69) is 179 Å². The quantitative estimate of drug-likeness (QED) is 0.134. The van der Waals surface area contributed by atoms with Crippen molar-refractivity contribution < 1.29 is 18.7 Å². The number of imidazole rings is 1. The Morgan fingerprint density at radius 3 is 1.11 bits per heavy atom. The maximum absolute atomic E-state index is 3.67. The Kier molecular flexibility index (Phi) is 11.6. The van der Waals surface area contributed by atoms with E-state index in [-0.39, 0.29) is 0 Å². The van der Waals surface area contributed by atoms with Crippen LogP contribution >= 0.6 is 45.2 Å². The Labute approximate surface area is 250 Å². The average molecular weight is 788 g/mol. The van der Waals surface area contributed by atoms with Gasteiger partial charge in [-0.2, -0.15) is 0 Å². The molecule has 0 N–H and O–H groups in total. The average Bonchev–Trinajstić information content (AvgIpc) is 3.13. The van der Waals surface area contributed by atoms with E-state index >= 15 is 0 Å². The molecule has 1 aromatic heterocycles. The van der Waals surface area contributed by atoms with Crippen LogP contribution in [0, 0.1) is 18.0 Å². The molecule has 0 fully saturated rings. The van der Waals surface area contributed by atoms with E-state index in [0.29, 0.717) is 23.7 Å². The zero-order valence-electron chi connectivity index (χ0n) is 22.2. The second kappa shape index (κ2) is 13.3. The molecule has 0 atom stereocenters. The molecule has 0 aliphatic carbocycles. The third-order valence-electron chi connectivity index (χ3n) is 5.97. The Bertz CT molecular complexity index is 1080. The van der Waals surface area contributed by atoms with Gasteiger partial charge in [-0.25, -0.2) is 19.6 Å². The summed E-state index contributed by atoms with van der Waals surface area (Å²) < 4.78 is 8.42. The number of rotatable bonds is 6. The molecule has 0 amide bonds. The molecule has 0 unspecified atom stereocenters. The first kappa shape index (κ1) is 30.6. The van der Waals surface area contributed by atoms with Gasteiger partial charge < -0.3 is 0 Å². The van der Waals surface area contributed by atoms with Crippen LogP contribution in [0.4, 0.5) is 0 Å². The van der Waals surface area contributed by atoms with Crippen molar-refractivity contribution >= 4 is 45.2 Å². The number of allylic oxidation sites excluding steroid dienone is 1. The molecule has 2 nitrogen and oxygen atoms in total. The van der Waals surface area contributed by atoms with Gasteiger partial charge in [0, 0.05) is 0 Å². The third-order valence-corrected chi connectivity index (χ3v) is 7.96. The summed E-state index contributed by atoms with van der Waals surface area (Å²) in [6, 6.07) is 9.38. The molecule has 3 rings (SSSR count). The molecule has 3 aromatic rings. The first-order valence-electron chi connectivity index (χ1n) is 12.2. The van der Waals surface area contributed by atoms with E-state index in [4.69, 9.17) is 0 Å². The summed E-state index contributed by atoms with van der Waals surface area (Å²) in [4.78, 5) is 0. The summed E-state index contributed by atoms with van der Waals surface area (Å²) in [6.45, 7) is 24.8. The van der Waals surface area contributed by atoms with Crippen molar-refractivity contribution in [1.82, 2.24) is 9.13 Å².